The predicted octanol–water partition coefficient (Wildman–Crippen LogP) is -2.46. The average molecular weight is 685 g/mol. The highest BCUT2D eigenvalue weighted by molar-refractivity contribution is 5.95. The maximum Gasteiger partial charge on any atom is 0.326 e. The minimum absolute atomic E-state index is 0.0516. The van der Waals surface area contributed by atoms with Crippen LogP contribution in [0, 0.1) is 0 Å². The molecule has 0 radical (unpaired) electrons. The molecule has 13 N–H and O–H groups in total. The van der Waals surface area contributed by atoms with Gasteiger partial charge in [-0.15, -0.1) is 0 Å². The number of guanidine groups is 1. The van der Waals surface area contributed by atoms with Crippen molar-refractivity contribution < 1.29 is 49.2 Å². The summed E-state index contributed by atoms with van der Waals surface area (Å²) < 4.78 is 0. The van der Waals surface area contributed by atoms with Crippen molar-refractivity contribution in [3.8, 4) is 11.5 Å². The Hall–Kier alpha value is -5.91. The Balaban J connectivity index is 1.63. The number of rotatable bonds is 17. The minimum atomic E-state index is -1.67. The molecule has 1 aliphatic rings. The summed E-state index contributed by atoms with van der Waals surface area (Å²) in [5.41, 5.74) is 12.6. The van der Waals surface area contributed by atoms with Gasteiger partial charge in [0.15, 0.2) is 17.5 Å². The van der Waals surface area contributed by atoms with Crippen molar-refractivity contribution in [1.29, 1.82) is 0 Å². The molecule has 18 heteroatoms. The van der Waals surface area contributed by atoms with E-state index < -0.39 is 72.7 Å². The van der Waals surface area contributed by atoms with E-state index >= 15 is 0 Å². The fraction of sp³-hybridized carbons (Fsp3) is 0.387. The van der Waals surface area contributed by atoms with Crippen molar-refractivity contribution in [3.05, 3.63) is 59.2 Å². The van der Waals surface area contributed by atoms with Gasteiger partial charge >= 0.3 is 11.9 Å². The van der Waals surface area contributed by atoms with E-state index in [4.69, 9.17) is 11.5 Å². The molecule has 1 unspecified atom stereocenters. The molecule has 4 amide bonds. The number of carbonyl (C=O) groups excluding carboxylic acids is 4. The molecule has 18 nitrogen and oxygen atoms in total. The second-order valence-electron chi connectivity index (χ2n) is 11.3. The van der Waals surface area contributed by atoms with Crippen molar-refractivity contribution >= 4 is 41.5 Å². The van der Waals surface area contributed by atoms with Gasteiger partial charge < -0.3 is 58.5 Å². The summed E-state index contributed by atoms with van der Waals surface area (Å²) in [6.07, 6.45) is -0.527. The molecule has 0 aliphatic carbocycles. The molecule has 0 saturated carbocycles. The number of nitrogens with two attached hydrogens (primary N) is 2. The van der Waals surface area contributed by atoms with Crippen molar-refractivity contribution in [3.63, 3.8) is 0 Å². The molecule has 49 heavy (non-hydrogen) atoms. The Labute approximate surface area is 280 Å². The average Bonchev–Trinajstić information content (AvgIpc) is 3.04. The first-order valence-corrected chi connectivity index (χ1v) is 15.2. The fourth-order valence-electron chi connectivity index (χ4n) is 5.02. The van der Waals surface area contributed by atoms with Gasteiger partial charge in [-0.3, -0.25) is 29.0 Å². The fourth-order valence-corrected chi connectivity index (χ4v) is 5.02. The van der Waals surface area contributed by atoms with Crippen LogP contribution < -0.4 is 38.1 Å². The molecule has 264 valence electrons. The zero-order valence-corrected chi connectivity index (χ0v) is 26.3. The number of nitrogens with zero attached hydrogens (tertiary/aromatic N) is 1. The van der Waals surface area contributed by atoms with Crippen molar-refractivity contribution in [1.82, 2.24) is 26.6 Å². The summed E-state index contributed by atoms with van der Waals surface area (Å²) in [7, 11) is 0. The van der Waals surface area contributed by atoms with Crippen LogP contribution in [-0.4, -0.2) is 99.2 Å². The summed E-state index contributed by atoms with van der Waals surface area (Å²) in [6.45, 7) is -0.381. The highest BCUT2D eigenvalue weighted by atomic mass is 16.4. The number of carboxylic acid groups (broad SMARTS) is 2. The number of fused-ring (bicyclic) bond motifs is 1. The second kappa shape index (κ2) is 17.9. The van der Waals surface area contributed by atoms with E-state index in [9.17, 15) is 49.2 Å². The van der Waals surface area contributed by atoms with Gasteiger partial charge in [-0.2, -0.15) is 0 Å². The van der Waals surface area contributed by atoms with Crippen molar-refractivity contribution in [2.75, 3.05) is 13.1 Å². The number of carboxylic acids is 2. The lowest BCUT2D eigenvalue weighted by atomic mass is 9.94. The van der Waals surface area contributed by atoms with E-state index in [0.29, 0.717) is 16.7 Å². The Bertz CT molecular complexity index is 1560. The summed E-state index contributed by atoms with van der Waals surface area (Å²) in [4.78, 5) is 79.1. The van der Waals surface area contributed by atoms with Gasteiger partial charge in [0.1, 0.15) is 18.1 Å². The highest BCUT2D eigenvalue weighted by Crippen LogP contribution is 2.30. The quantitative estimate of drug-likeness (QED) is 0.0357. The van der Waals surface area contributed by atoms with E-state index in [1.807, 2.05) is 0 Å². The molecule has 2 aromatic rings. The molecule has 2 aromatic carbocycles. The number of phenols is 2. The number of benzene rings is 2. The Morgan fingerprint density at radius 2 is 1.55 bits per heavy atom. The summed E-state index contributed by atoms with van der Waals surface area (Å²) in [6, 6.07) is 6.08. The van der Waals surface area contributed by atoms with Gasteiger partial charge in [-0.05, 0) is 48.1 Å². The first-order chi connectivity index (χ1) is 23.2. The van der Waals surface area contributed by atoms with Gasteiger partial charge in [0.05, 0.1) is 19.0 Å². The SMILES string of the molecule is NC(N)=NCCC[C@H](NC(=O)C1Cc2cc(O)c(O)cc2CN1)C(=O)NCC(=O)N[C@@H](CC(=O)O)C(=O)N[C@@H](Cc1ccccc1)C(=O)O. The molecule has 3 rings (SSSR count). The smallest absolute Gasteiger partial charge is 0.326 e. The lowest BCUT2D eigenvalue weighted by Crippen LogP contribution is -2.56. The van der Waals surface area contributed by atoms with Crippen LogP contribution in [0.1, 0.15) is 36.0 Å². The van der Waals surface area contributed by atoms with Gasteiger partial charge in [0.2, 0.25) is 23.6 Å². The Morgan fingerprint density at radius 3 is 2.18 bits per heavy atom. The first kappa shape index (κ1) is 37.5. The molecule has 1 aliphatic heterocycles. The van der Waals surface area contributed by atoms with Gasteiger partial charge in [-0.25, -0.2) is 4.79 Å². The van der Waals surface area contributed by atoms with Crippen molar-refractivity contribution in [2.24, 2.45) is 16.5 Å². The van der Waals surface area contributed by atoms with Crippen LogP contribution in [-0.2, 0) is 48.2 Å². The number of aliphatic imine (C=N–C) groups is 1. The predicted molar refractivity (Wildman–Crippen MR) is 173 cm³/mol. The number of hydrogen-bond donors (Lipinski definition) is 11. The van der Waals surface area contributed by atoms with Gasteiger partial charge in [0.25, 0.3) is 0 Å². The van der Waals surface area contributed by atoms with E-state index in [0.717, 1.165) is 0 Å². The maximum absolute atomic E-state index is 13.2. The van der Waals surface area contributed by atoms with E-state index in [1.54, 1.807) is 30.3 Å². The number of aliphatic carboxylic acids is 2. The summed E-state index contributed by atoms with van der Waals surface area (Å²) in [5.74, 6) is -6.98. The number of hydrogen-bond acceptors (Lipinski definition) is 10. The van der Waals surface area contributed by atoms with Crippen LogP contribution in [0.4, 0.5) is 0 Å². The van der Waals surface area contributed by atoms with Crippen LogP contribution in [0.2, 0.25) is 0 Å². The minimum Gasteiger partial charge on any atom is -0.504 e. The largest absolute Gasteiger partial charge is 0.504 e. The van der Waals surface area contributed by atoms with Crippen LogP contribution in [0.15, 0.2) is 47.5 Å². The third kappa shape index (κ3) is 12.0. The molecule has 0 bridgehead atoms. The standard InChI is InChI=1S/C31H40N8O10/c32-31(33)34-8-4-7-19(38-28(46)20-10-17-11-23(40)24(41)12-18(17)14-35-20)27(45)36-15-25(42)37-21(13-26(43)44)29(47)39-22(30(48)49)9-16-5-2-1-3-6-16/h1-3,5-6,11-12,19-22,35,40-41H,4,7-10,13-15H2,(H,36,45)(H,37,42)(H,38,46)(H,39,47)(H,43,44)(H,48,49)(H4,32,33,34)/t19-,20?,21-,22-/m0/s1. The van der Waals surface area contributed by atoms with Crippen LogP contribution >= 0.6 is 0 Å². The zero-order valence-electron chi connectivity index (χ0n) is 26.3. The van der Waals surface area contributed by atoms with E-state index in [-0.39, 0.29) is 56.2 Å². The molecule has 0 spiro atoms. The Morgan fingerprint density at radius 1 is 0.878 bits per heavy atom. The van der Waals surface area contributed by atoms with Crippen LogP contribution in [0.5, 0.6) is 11.5 Å². The third-order valence-corrected chi connectivity index (χ3v) is 7.51. The number of phenolic OH excluding ortho intramolecular Hbond substituents is 2. The number of aromatic hydroxyl groups is 2. The molecular weight excluding hydrogens is 644 g/mol. The lowest BCUT2D eigenvalue weighted by Gasteiger charge is -2.27. The second-order valence-corrected chi connectivity index (χ2v) is 11.3. The van der Waals surface area contributed by atoms with E-state index in [1.165, 1.54) is 12.1 Å². The molecule has 0 saturated heterocycles. The highest BCUT2D eigenvalue weighted by Gasteiger charge is 2.31. The molecule has 0 aromatic heterocycles. The normalized spacial score (nSPS) is 15.3. The van der Waals surface area contributed by atoms with Crippen molar-refractivity contribution in [2.45, 2.75) is 62.8 Å². The van der Waals surface area contributed by atoms with Gasteiger partial charge in [-0.1, -0.05) is 30.3 Å². The molecule has 4 atom stereocenters. The lowest BCUT2D eigenvalue weighted by molar-refractivity contribution is -0.143. The monoisotopic (exact) mass is 684 g/mol. The van der Waals surface area contributed by atoms with Crippen LogP contribution in [0.3, 0.4) is 0 Å². The first-order valence-electron chi connectivity index (χ1n) is 15.2. The van der Waals surface area contributed by atoms with Gasteiger partial charge in [0, 0.05) is 19.5 Å². The molecular formula is C31H40N8O10. The third-order valence-electron chi connectivity index (χ3n) is 7.51. The maximum atomic E-state index is 13.2. The molecule has 1 heterocycles. The topological polar surface area (TPSA) is 308 Å². The summed E-state index contributed by atoms with van der Waals surface area (Å²) in [5, 5.41) is 51.0. The number of amides is 4. The zero-order chi connectivity index (χ0) is 36.1. The van der Waals surface area contributed by atoms with E-state index in [2.05, 4.69) is 31.6 Å². The Kier molecular flexibility index (Phi) is 13.7. The number of nitrogens with one attached hydrogen (secondary N) is 5. The molecule has 0 fully saturated rings. The van der Waals surface area contributed by atoms with Crippen LogP contribution in [0.25, 0.3) is 0 Å². The summed E-state index contributed by atoms with van der Waals surface area (Å²) >= 11 is 0. The number of carbonyl (C=O) groups is 6.